The largest absolute Gasteiger partial charge is 0.496 e. The lowest BCUT2D eigenvalue weighted by Gasteiger charge is -2.37. The van der Waals surface area contributed by atoms with E-state index in [1.165, 1.54) is 11.1 Å². The van der Waals surface area contributed by atoms with Gasteiger partial charge in [0, 0.05) is 42.4 Å². The Hall–Kier alpha value is -3.95. The first-order valence-corrected chi connectivity index (χ1v) is 15.9. The zero-order chi connectivity index (χ0) is 34.2. The molecule has 0 amide bonds. The van der Waals surface area contributed by atoms with Gasteiger partial charge >= 0.3 is 13.1 Å². The number of benzene rings is 1. The number of carboxylic acids is 1. The quantitative estimate of drug-likeness (QED) is 0.256. The molecule has 11 nitrogen and oxygen atoms in total. The number of nitrogens with zero attached hydrogens (tertiary/aromatic N) is 4. The van der Waals surface area contributed by atoms with Crippen LogP contribution >= 0.6 is 0 Å². The van der Waals surface area contributed by atoms with Crippen molar-refractivity contribution in [2.75, 3.05) is 24.7 Å². The summed E-state index contributed by atoms with van der Waals surface area (Å²) in [5.41, 5.74) is -1.85. The number of pyridine rings is 1. The summed E-state index contributed by atoms with van der Waals surface area (Å²) in [4.78, 5) is 26.6. The van der Waals surface area contributed by atoms with E-state index in [9.17, 15) is 18.7 Å². The molecule has 3 aliphatic heterocycles. The Morgan fingerprint density at radius 1 is 1.15 bits per heavy atom. The van der Waals surface area contributed by atoms with E-state index in [0.29, 0.717) is 16.4 Å². The van der Waals surface area contributed by atoms with Crippen LogP contribution in [0.2, 0.25) is 0 Å². The van der Waals surface area contributed by atoms with Crippen molar-refractivity contribution in [2.45, 2.75) is 82.9 Å². The smallest absolute Gasteiger partial charge is 0.480 e. The van der Waals surface area contributed by atoms with Crippen molar-refractivity contribution >= 4 is 46.4 Å². The molecular formula is C33H36BF3N4O7. The number of alkyl halides is 3. The predicted octanol–water partition coefficient (Wildman–Crippen LogP) is 5.34. The van der Waals surface area contributed by atoms with Crippen molar-refractivity contribution in [3.8, 4) is 5.88 Å². The van der Waals surface area contributed by atoms with E-state index in [-0.39, 0.29) is 61.0 Å². The Morgan fingerprint density at radius 2 is 1.88 bits per heavy atom. The number of carbonyl (C=O) groups is 1. The zero-order valence-electron chi connectivity index (χ0n) is 27.2. The molecule has 4 atom stereocenters. The van der Waals surface area contributed by atoms with E-state index < -0.39 is 60.3 Å². The van der Waals surface area contributed by atoms with Crippen LogP contribution in [0.1, 0.15) is 65.3 Å². The molecule has 6 heterocycles. The number of fused-ring (bicyclic) bond motifs is 3. The number of carboxylic acid groups (broad SMARTS) is 1. The zero-order valence-corrected chi connectivity index (χ0v) is 27.2. The molecule has 0 aliphatic carbocycles. The average molecular weight is 668 g/mol. The van der Waals surface area contributed by atoms with E-state index >= 15 is 4.39 Å². The third kappa shape index (κ3) is 5.35. The highest BCUT2D eigenvalue weighted by Gasteiger charge is 2.53. The van der Waals surface area contributed by atoms with Gasteiger partial charge in [0.2, 0.25) is 5.88 Å². The molecule has 3 saturated heterocycles. The highest BCUT2D eigenvalue weighted by Crippen LogP contribution is 2.45. The van der Waals surface area contributed by atoms with Crippen LogP contribution in [0.3, 0.4) is 0 Å². The van der Waals surface area contributed by atoms with Gasteiger partial charge in [-0.15, -0.1) is 0 Å². The topological polar surface area (TPSA) is 129 Å². The Labute approximate surface area is 274 Å². The van der Waals surface area contributed by atoms with Crippen molar-refractivity contribution < 1.29 is 46.3 Å². The molecule has 48 heavy (non-hydrogen) atoms. The second-order valence-electron chi connectivity index (χ2n) is 13.8. The number of aliphatic carboxylic acids is 1. The van der Waals surface area contributed by atoms with Gasteiger partial charge in [-0.25, -0.2) is 32.9 Å². The Kier molecular flexibility index (Phi) is 7.87. The molecular weight excluding hydrogens is 632 g/mol. The Balaban J connectivity index is 1.26. The molecule has 1 N–H and O–H groups in total. The van der Waals surface area contributed by atoms with Gasteiger partial charge in [-0.3, -0.25) is 0 Å². The highest BCUT2D eigenvalue weighted by molar-refractivity contribution is 6.62. The minimum atomic E-state index is -3.02. The number of ether oxygens (including phenoxy) is 2. The second kappa shape index (κ2) is 11.6. The first-order valence-electron chi connectivity index (χ1n) is 15.9. The number of para-hydroxylation sites is 1. The molecule has 0 bridgehead atoms. The van der Waals surface area contributed by atoms with Crippen molar-refractivity contribution in [1.82, 2.24) is 15.0 Å². The fraction of sp³-hybridized carbons (Fsp3) is 0.515. The molecule has 4 aromatic rings. The van der Waals surface area contributed by atoms with Gasteiger partial charge in [-0.05, 0) is 45.9 Å². The summed E-state index contributed by atoms with van der Waals surface area (Å²) in [6.07, 6.45) is -2.36. The van der Waals surface area contributed by atoms with Gasteiger partial charge in [0.1, 0.15) is 28.9 Å². The molecule has 3 aromatic heterocycles. The van der Waals surface area contributed by atoms with E-state index in [1.54, 1.807) is 37.3 Å². The summed E-state index contributed by atoms with van der Waals surface area (Å²) in [5, 5.41) is 10.8. The van der Waals surface area contributed by atoms with Crippen molar-refractivity contribution in [3.63, 3.8) is 0 Å². The lowest BCUT2D eigenvalue weighted by molar-refractivity contribution is -0.138. The predicted molar refractivity (Wildman–Crippen MR) is 169 cm³/mol. The Bertz CT molecular complexity index is 1870. The van der Waals surface area contributed by atoms with Gasteiger partial charge < -0.3 is 33.2 Å². The molecule has 0 unspecified atom stereocenters. The van der Waals surface area contributed by atoms with Crippen molar-refractivity contribution in [1.29, 1.82) is 0 Å². The van der Waals surface area contributed by atoms with E-state index in [1.807, 2.05) is 27.7 Å². The van der Waals surface area contributed by atoms with Gasteiger partial charge in [-0.1, -0.05) is 19.1 Å². The number of anilines is 1. The SMILES string of the molecule is C[C@H]1COCC[C@]1(F)c1cc(B2OC(C)(C)C(C)(C)O2)cnc1O[C@H]1C[C@@H](C(=O)O)N(c2nc(C(F)F)nc3c2oc2ccccc23)C1. The minimum Gasteiger partial charge on any atom is -0.480 e. The van der Waals surface area contributed by atoms with Crippen LogP contribution in [0.15, 0.2) is 40.9 Å². The van der Waals surface area contributed by atoms with Crippen LogP contribution in [0.25, 0.3) is 22.1 Å². The van der Waals surface area contributed by atoms with E-state index in [2.05, 4.69) is 15.0 Å². The summed E-state index contributed by atoms with van der Waals surface area (Å²) >= 11 is 0. The standard InChI is InChI=1S/C33H36BF3N4O7/c1-17-16-44-11-10-33(17,37)21-12-18(34-47-31(2,3)32(4,5)48-34)14-38-29(21)45-19-13-22(30(42)43)41(15-19)28-25-24(39-27(40-28)26(35)36)20-8-6-7-9-23(20)46-25/h6-9,12,14,17,19,22,26H,10-11,13,15-16H2,1-5H3,(H,42,43)/t17-,19-,22-,33+/m0/s1. The fourth-order valence-corrected chi connectivity index (χ4v) is 6.62. The summed E-state index contributed by atoms with van der Waals surface area (Å²) in [6, 6.07) is 7.22. The number of rotatable bonds is 7. The molecule has 0 saturated carbocycles. The Morgan fingerprint density at radius 3 is 2.56 bits per heavy atom. The molecule has 3 fully saturated rings. The normalized spacial score (nSPS) is 27.0. The number of halogens is 3. The van der Waals surface area contributed by atoms with Gasteiger partial charge in [0.05, 0.1) is 29.9 Å². The van der Waals surface area contributed by atoms with Gasteiger partial charge in [0.25, 0.3) is 6.43 Å². The summed E-state index contributed by atoms with van der Waals surface area (Å²) in [7, 11) is -0.805. The maximum Gasteiger partial charge on any atom is 0.496 e. The molecule has 0 radical (unpaired) electrons. The van der Waals surface area contributed by atoms with E-state index in [4.69, 9.17) is 23.2 Å². The number of hydrogen-bond donors (Lipinski definition) is 1. The number of aromatic nitrogens is 3. The maximum atomic E-state index is 17.1. The fourth-order valence-electron chi connectivity index (χ4n) is 6.62. The lowest BCUT2D eigenvalue weighted by atomic mass is 9.75. The van der Waals surface area contributed by atoms with Crippen LogP contribution < -0.4 is 15.1 Å². The lowest BCUT2D eigenvalue weighted by Crippen LogP contribution is -2.41. The second-order valence-corrected chi connectivity index (χ2v) is 13.8. The summed E-state index contributed by atoms with van der Waals surface area (Å²) in [6.45, 7) is 9.71. The maximum absolute atomic E-state index is 17.1. The first kappa shape index (κ1) is 32.6. The van der Waals surface area contributed by atoms with Gasteiger partial charge in [0.15, 0.2) is 17.2 Å². The molecule has 254 valence electrons. The number of furan rings is 1. The van der Waals surface area contributed by atoms with Crippen LogP contribution in [0.4, 0.5) is 19.0 Å². The minimum absolute atomic E-state index is 0.00709. The highest BCUT2D eigenvalue weighted by atomic mass is 19.3. The molecule has 0 spiro atoms. The van der Waals surface area contributed by atoms with Crippen molar-refractivity contribution in [2.24, 2.45) is 5.92 Å². The van der Waals surface area contributed by atoms with Crippen LogP contribution in [-0.2, 0) is 24.5 Å². The molecule has 7 rings (SSSR count). The third-order valence-electron chi connectivity index (χ3n) is 10.1. The average Bonchev–Trinajstić information content (AvgIpc) is 3.69. The van der Waals surface area contributed by atoms with E-state index in [0.717, 1.165) is 0 Å². The first-order chi connectivity index (χ1) is 22.7. The van der Waals surface area contributed by atoms with Crippen LogP contribution in [0.5, 0.6) is 5.88 Å². The summed E-state index contributed by atoms with van der Waals surface area (Å²) in [5.74, 6) is -2.62. The molecule has 1 aromatic carbocycles. The van der Waals surface area contributed by atoms with Crippen molar-refractivity contribution in [3.05, 3.63) is 47.9 Å². The third-order valence-corrected chi connectivity index (χ3v) is 10.1. The molecule has 3 aliphatic rings. The molecule has 15 heteroatoms. The van der Waals surface area contributed by atoms with Crippen LogP contribution in [-0.4, -0.2) is 76.3 Å². The monoisotopic (exact) mass is 668 g/mol. The number of hydrogen-bond acceptors (Lipinski definition) is 10. The van der Waals surface area contributed by atoms with Gasteiger partial charge in [-0.2, -0.15) is 0 Å². The van der Waals surface area contributed by atoms with Crippen LogP contribution in [0, 0.1) is 5.92 Å². The summed E-state index contributed by atoms with van der Waals surface area (Å²) < 4.78 is 75.4.